The highest BCUT2D eigenvalue weighted by Crippen LogP contribution is 2.22. The maximum atomic E-state index is 13.1. The van der Waals surface area contributed by atoms with E-state index >= 15 is 0 Å². The summed E-state index contributed by atoms with van der Waals surface area (Å²) < 4.78 is 14.8. The second kappa shape index (κ2) is 5.24. The number of imidazole rings is 1. The van der Waals surface area contributed by atoms with E-state index in [1.807, 2.05) is 0 Å². The largest absolute Gasteiger partial charge is 0.326 e. The first kappa shape index (κ1) is 13.3. The lowest BCUT2D eigenvalue weighted by Crippen LogP contribution is -2.33. The number of rotatable bonds is 1. The highest BCUT2D eigenvalue weighted by Gasteiger charge is 2.19. The van der Waals surface area contributed by atoms with E-state index in [1.165, 1.54) is 12.1 Å². The van der Waals surface area contributed by atoms with E-state index in [9.17, 15) is 9.18 Å². The van der Waals surface area contributed by atoms with Crippen molar-refractivity contribution in [1.29, 1.82) is 0 Å². The molecule has 0 aliphatic carbocycles. The van der Waals surface area contributed by atoms with Crippen molar-refractivity contribution in [3.05, 3.63) is 34.5 Å². The Bertz CT molecular complexity index is 601. The highest BCUT2D eigenvalue weighted by molar-refractivity contribution is 8.93. The van der Waals surface area contributed by atoms with E-state index in [1.54, 1.807) is 10.6 Å². The third-order valence-corrected chi connectivity index (χ3v) is 3.35. The molecule has 1 aliphatic heterocycles. The number of H-pyrrole nitrogens is 1. The zero-order valence-corrected chi connectivity index (χ0v) is 11.5. The van der Waals surface area contributed by atoms with Crippen LogP contribution >= 0.6 is 17.0 Å². The number of aromatic amines is 1. The van der Waals surface area contributed by atoms with E-state index in [0.29, 0.717) is 5.52 Å². The van der Waals surface area contributed by atoms with Crippen LogP contribution in [-0.2, 0) is 0 Å². The fourth-order valence-electron chi connectivity index (χ4n) is 2.53. The number of hydrogen-bond donors (Lipinski definition) is 2. The molecule has 0 atom stereocenters. The van der Waals surface area contributed by atoms with Gasteiger partial charge in [-0.25, -0.2) is 9.18 Å². The van der Waals surface area contributed by atoms with E-state index in [2.05, 4.69) is 10.3 Å². The fraction of sp³-hybridized carbons (Fsp3) is 0.417. The minimum Gasteiger partial charge on any atom is -0.317 e. The van der Waals surface area contributed by atoms with Crippen molar-refractivity contribution in [1.82, 2.24) is 14.9 Å². The fourth-order valence-corrected chi connectivity index (χ4v) is 2.53. The van der Waals surface area contributed by atoms with Gasteiger partial charge in [-0.3, -0.25) is 4.57 Å². The molecule has 0 bridgehead atoms. The number of benzene rings is 1. The van der Waals surface area contributed by atoms with E-state index in [0.717, 1.165) is 31.4 Å². The second-order valence-corrected chi connectivity index (χ2v) is 4.44. The van der Waals surface area contributed by atoms with Gasteiger partial charge in [-0.2, -0.15) is 0 Å². The van der Waals surface area contributed by atoms with E-state index in [4.69, 9.17) is 0 Å². The molecule has 0 saturated carbocycles. The molecule has 1 fully saturated rings. The molecule has 1 aromatic carbocycles. The molecule has 1 aromatic heterocycles. The molecule has 1 saturated heterocycles. The minimum atomic E-state index is -0.323. The van der Waals surface area contributed by atoms with Crippen LogP contribution in [0.25, 0.3) is 11.0 Å². The predicted octanol–water partition coefficient (Wildman–Crippen LogP) is 1.97. The molecule has 0 radical (unpaired) electrons. The van der Waals surface area contributed by atoms with Crippen molar-refractivity contribution in [3.8, 4) is 0 Å². The Morgan fingerprint density at radius 1 is 1.28 bits per heavy atom. The Morgan fingerprint density at radius 2 is 2.00 bits per heavy atom. The van der Waals surface area contributed by atoms with Crippen molar-refractivity contribution in [2.45, 2.75) is 18.9 Å². The van der Waals surface area contributed by atoms with Crippen LogP contribution in [0.5, 0.6) is 0 Å². The summed E-state index contributed by atoms with van der Waals surface area (Å²) in [4.78, 5) is 14.6. The van der Waals surface area contributed by atoms with Crippen LogP contribution in [-0.4, -0.2) is 22.6 Å². The molecule has 4 nitrogen and oxygen atoms in total. The Morgan fingerprint density at radius 3 is 2.72 bits per heavy atom. The van der Waals surface area contributed by atoms with E-state index in [-0.39, 0.29) is 34.5 Å². The van der Waals surface area contributed by atoms with Crippen LogP contribution in [0.2, 0.25) is 0 Å². The van der Waals surface area contributed by atoms with Crippen molar-refractivity contribution >= 4 is 28.0 Å². The molecule has 0 amide bonds. The zero-order valence-electron chi connectivity index (χ0n) is 9.78. The topological polar surface area (TPSA) is 49.8 Å². The monoisotopic (exact) mass is 315 g/mol. The molecule has 3 rings (SSSR count). The predicted molar refractivity (Wildman–Crippen MR) is 74.0 cm³/mol. The first-order valence-electron chi connectivity index (χ1n) is 5.86. The number of piperidine rings is 1. The minimum absolute atomic E-state index is 0. The van der Waals surface area contributed by atoms with Gasteiger partial charge in [0.2, 0.25) is 0 Å². The number of nitrogens with zero attached hydrogens (tertiary/aromatic N) is 1. The Labute approximate surface area is 114 Å². The first-order valence-corrected chi connectivity index (χ1v) is 5.86. The normalized spacial score (nSPS) is 16.7. The number of fused-ring (bicyclic) bond motifs is 1. The van der Waals surface area contributed by atoms with E-state index < -0.39 is 0 Å². The van der Waals surface area contributed by atoms with Gasteiger partial charge in [0.15, 0.2) is 0 Å². The SMILES string of the molecule is Br.O=c1[nH]c2cc(F)ccc2n1C1CCNCC1. The summed E-state index contributed by atoms with van der Waals surface area (Å²) in [5, 5.41) is 3.27. The average Bonchev–Trinajstić information content (AvgIpc) is 2.65. The second-order valence-electron chi connectivity index (χ2n) is 4.44. The summed E-state index contributed by atoms with van der Waals surface area (Å²) in [6.45, 7) is 1.84. The lowest BCUT2D eigenvalue weighted by atomic mass is 10.1. The van der Waals surface area contributed by atoms with Crippen LogP contribution in [0, 0.1) is 5.82 Å². The quantitative estimate of drug-likeness (QED) is 0.845. The van der Waals surface area contributed by atoms with Crippen LogP contribution in [0.15, 0.2) is 23.0 Å². The number of nitrogens with one attached hydrogen (secondary N) is 2. The molecule has 2 N–H and O–H groups in total. The van der Waals surface area contributed by atoms with Crippen molar-refractivity contribution in [2.24, 2.45) is 0 Å². The van der Waals surface area contributed by atoms with Gasteiger partial charge < -0.3 is 10.3 Å². The number of aromatic nitrogens is 2. The van der Waals surface area contributed by atoms with Crippen molar-refractivity contribution < 1.29 is 4.39 Å². The summed E-state index contributed by atoms with van der Waals surface area (Å²) in [5.41, 5.74) is 1.23. The van der Waals surface area contributed by atoms with Gasteiger partial charge in [0.25, 0.3) is 0 Å². The average molecular weight is 316 g/mol. The van der Waals surface area contributed by atoms with Crippen LogP contribution < -0.4 is 11.0 Å². The van der Waals surface area contributed by atoms with Gasteiger partial charge in [0.1, 0.15) is 5.82 Å². The first-order chi connectivity index (χ1) is 8.25. The van der Waals surface area contributed by atoms with Gasteiger partial charge in [-0.1, -0.05) is 0 Å². The maximum absolute atomic E-state index is 13.1. The smallest absolute Gasteiger partial charge is 0.317 e. The van der Waals surface area contributed by atoms with Gasteiger partial charge in [0.05, 0.1) is 11.0 Å². The molecule has 18 heavy (non-hydrogen) atoms. The third kappa shape index (κ3) is 2.22. The molecular formula is C12H15BrFN3O. The zero-order chi connectivity index (χ0) is 11.8. The maximum Gasteiger partial charge on any atom is 0.326 e. The van der Waals surface area contributed by atoms with Crippen LogP contribution in [0.1, 0.15) is 18.9 Å². The molecule has 0 unspecified atom stereocenters. The lowest BCUT2D eigenvalue weighted by Gasteiger charge is -2.23. The summed E-state index contributed by atoms with van der Waals surface area (Å²) in [7, 11) is 0. The van der Waals surface area contributed by atoms with Crippen molar-refractivity contribution in [3.63, 3.8) is 0 Å². The molecule has 2 aromatic rings. The number of hydrogen-bond acceptors (Lipinski definition) is 2. The Hall–Kier alpha value is -1.14. The molecule has 2 heterocycles. The van der Waals surface area contributed by atoms with Gasteiger partial charge in [0, 0.05) is 6.04 Å². The Kier molecular flexibility index (Phi) is 3.87. The van der Waals surface area contributed by atoms with Gasteiger partial charge >= 0.3 is 5.69 Å². The van der Waals surface area contributed by atoms with Crippen LogP contribution in [0.3, 0.4) is 0 Å². The molecule has 0 spiro atoms. The standard InChI is InChI=1S/C12H14FN3O.BrH/c13-8-1-2-11-10(7-8)15-12(17)16(11)9-3-5-14-6-4-9;/h1-2,7,9,14H,3-6H2,(H,15,17);1H. The summed E-state index contributed by atoms with van der Waals surface area (Å²) in [6.07, 6.45) is 1.87. The molecule has 1 aliphatic rings. The van der Waals surface area contributed by atoms with Crippen LogP contribution in [0.4, 0.5) is 4.39 Å². The highest BCUT2D eigenvalue weighted by atomic mass is 79.9. The molecule has 98 valence electrons. The lowest BCUT2D eigenvalue weighted by molar-refractivity contribution is 0.368. The summed E-state index contributed by atoms with van der Waals surface area (Å²) in [5.74, 6) is -0.323. The third-order valence-electron chi connectivity index (χ3n) is 3.35. The summed E-state index contributed by atoms with van der Waals surface area (Å²) >= 11 is 0. The number of halogens is 2. The Balaban J connectivity index is 0.00000120. The molecule has 6 heteroatoms. The van der Waals surface area contributed by atoms with Crippen molar-refractivity contribution in [2.75, 3.05) is 13.1 Å². The van der Waals surface area contributed by atoms with Gasteiger partial charge in [-0.15, -0.1) is 17.0 Å². The summed E-state index contributed by atoms with van der Waals surface area (Å²) in [6, 6.07) is 4.65. The van der Waals surface area contributed by atoms with Gasteiger partial charge in [-0.05, 0) is 44.1 Å². The molecular weight excluding hydrogens is 301 g/mol.